The molecule has 4 aromatic carbocycles. The average Bonchev–Trinajstić information content (AvgIpc) is 3.00. The highest BCUT2D eigenvalue weighted by atomic mass is 16.5. The summed E-state index contributed by atoms with van der Waals surface area (Å²) >= 11 is 0. The second kappa shape index (κ2) is 9.87. The summed E-state index contributed by atoms with van der Waals surface area (Å²) < 4.78 is 6.32. The second-order valence-electron chi connectivity index (χ2n) is 10.2. The minimum absolute atomic E-state index is 0.397. The van der Waals surface area contributed by atoms with Crippen LogP contribution >= 0.6 is 0 Å². The van der Waals surface area contributed by atoms with Crippen molar-refractivity contribution in [1.82, 2.24) is 9.97 Å². The van der Waals surface area contributed by atoms with Crippen molar-refractivity contribution in [2.75, 3.05) is 22.9 Å². The number of carbonyl (C=O) groups is 1. The first-order chi connectivity index (χ1) is 19.2. The molecule has 0 saturated heterocycles. The van der Waals surface area contributed by atoms with Crippen molar-refractivity contribution >= 4 is 28.4 Å². The lowest BCUT2D eigenvalue weighted by atomic mass is 9.98. The summed E-state index contributed by atoms with van der Waals surface area (Å²) in [5.74, 6) is 0.214. The molecule has 0 aliphatic carbocycles. The first-order valence-electron chi connectivity index (χ1n) is 13.4. The molecule has 5 aromatic rings. The van der Waals surface area contributed by atoms with Crippen LogP contribution in [0.5, 0.6) is 5.75 Å². The standard InChI is InChI=1S/C33H28N4O2/c38-33(25-12-13-28-29(20-25)35-17-16-34-28)39-32-30(36-18-14-23-6-1-3-8-26(23)21-36)10-5-11-31(32)37-19-15-24-7-2-4-9-27(24)22-37/h1-13,16-17,20H,14-15,18-19,21-22H2. The number of ether oxygens (including phenoxy) is 1. The molecule has 0 amide bonds. The van der Waals surface area contributed by atoms with Crippen molar-refractivity contribution < 1.29 is 9.53 Å². The van der Waals surface area contributed by atoms with Gasteiger partial charge in [0.05, 0.1) is 28.0 Å². The topological polar surface area (TPSA) is 58.6 Å². The van der Waals surface area contributed by atoms with E-state index in [-0.39, 0.29) is 0 Å². The molecule has 0 radical (unpaired) electrons. The predicted molar refractivity (Wildman–Crippen MR) is 153 cm³/mol. The molecule has 0 spiro atoms. The van der Waals surface area contributed by atoms with Gasteiger partial charge in [-0.05, 0) is 65.4 Å². The zero-order chi connectivity index (χ0) is 26.2. The number of esters is 1. The quantitative estimate of drug-likeness (QED) is 0.218. The predicted octanol–water partition coefficient (Wildman–Crippen LogP) is 5.97. The van der Waals surface area contributed by atoms with Crippen molar-refractivity contribution in [1.29, 1.82) is 0 Å². The number of anilines is 2. The smallest absolute Gasteiger partial charge is 0.343 e. The number of benzene rings is 4. The Morgan fingerprint density at radius 1 is 0.641 bits per heavy atom. The van der Waals surface area contributed by atoms with Gasteiger partial charge in [-0.25, -0.2) is 4.79 Å². The SMILES string of the molecule is O=C(Oc1c(N2CCc3ccccc3C2)cccc1N1CCc2ccccc2C1)c1ccc2nccnc2c1. The fraction of sp³-hybridized carbons (Fsp3) is 0.182. The summed E-state index contributed by atoms with van der Waals surface area (Å²) in [6.45, 7) is 3.27. The summed E-state index contributed by atoms with van der Waals surface area (Å²) in [6, 6.07) is 28.7. The van der Waals surface area contributed by atoms with Crippen LogP contribution in [0.2, 0.25) is 0 Å². The Bertz CT molecular complexity index is 1620. The molecule has 39 heavy (non-hydrogen) atoms. The van der Waals surface area contributed by atoms with Crippen LogP contribution in [-0.4, -0.2) is 29.0 Å². The minimum atomic E-state index is -0.397. The van der Waals surface area contributed by atoms with Crippen molar-refractivity contribution in [2.45, 2.75) is 25.9 Å². The van der Waals surface area contributed by atoms with Gasteiger partial charge in [-0.1, -0.05) is 54.6 Å². The molecular formula is C33H28N4O2. The van der Waals surface area contributed by atoms with Crippen LogP contribution in [0.15, 0.2) is 97.3 Å². The maximum atomic E-state index is 13.6. The number of para-hydroxylation sites is 1. The van der Waals surface area contributed by atoms with Crippen molar-refractivity contribution in [3.05, 3.63) is 125 Å². The van der Waals surface area contributed by atoms with Gasteiger partial charge in [-0.3, -0.25) is 9.97 Å². The molecule has 0 fully saturated rings. The number of aromatic nitrogens is 2. The molecule has 6 nitrogen and oxygen atoms in total. The summed E-state index contributed by atoms with van der Waals surface area (Å²) in [7, 11) is 0. The van der Waals surface area contributed by atoms with Gasteiger partial charge < -0.3 is 14.5 Å². The Kier molecular flexibility index (Phi) is 5.93. The summed E-state index contributed by atoms with van der Waals surface area (Å²) in [5, 5.41) is 0. The van der Waals surface area contributed by atoms with Gasteiger partial charge in [0, 0.05) is 38.6 Å². The Morgan fingerprint density at radius 3 is 1.82 bits per heavy atom. The molecule has 1 aromatic heterocycles. The Hall–Kier alpha value is -4.71. The van der Waals surface area contributed by atoms with Gasteiger partial charge >= 0.3 is 5.97 Å². The van der Waals surface area contributed by atoms with Crippen LogP contribution in [0.4, 0.5) is 11.4 Å². The van der Waals surface area contributed by atoms with Crippen molar-refractivity contribution in [3.63, 3.8) is 0 Å². The fourth-order valence-corrected chi connectivity index (χ4v) is 5.76. The lowest BCUT2D eigenvalue weighted by Gasteiger charge is -2.35. The Morgan fingerprint density at radius 2 is 1.21 bits per heavy atom. The van der Waals surface area contributed by atoms with Crippen molar-refractivity contribution in [2.24, 2.45) is 0 Å². The third kappa shape index (κ3) is 4.48. The number of hydrogen-bond donors (Lipinski definition) is 0. The van der Waals surface area contributed by atoms with E-state index in [1.165, 1.54) is 22.3 Å². The summed E-state index contributed by atoms with van der Waals surface area (Å²) in [4.78, 5) is 27.0. The number of nitrogens with zero attached hydrogens (tertiary/aromatic N) is 4. The Labute approximate surface area is 227 Å². The number of fused-ring (bicyclic) bond motifs is 3. The van der Waals surface area contributed by atoms with E-state index in [0.717, 1.165) is 55.9 Å². The van der Waals surface area contributed by atoms with E-state index in [1.54, 1.807) is 24.5 Å². The number of rotatable bonds is 4. The maximum absolute atomic E-state index is 13.6. The summed E-state index contributed by atoms with van der Waals surface area (Å²) in [5.41, 5.74) is 9.13. The zero-order valence-corrected chi connectivity index (χ0v) is 21.6. The highest BCUT2D eigenvalue weighted by molar-refractivity contribution is 5.96. The Balaban J connectivity index is 1.28. The molecule has 192 valence electrons. The molecule has 0 N–H and O–H groups in total. The molecule has 0 unspecified atom stereocenters. The van der Waals surface area contributed by atoms with Crippen LogP contribution in [0.3, 0.4) is 0 Å². The molecule has 2 aliphatic rings. The van der Waals surface area contributed by atoms with Crippen LogP contribution in [0.1, 0.15) is 32.6 Å². The highest BCUT2D eigenvalue weighted by Crippen LogP contribution is 2.42. The van der Waals surface area contributed by atoms with Gasteiger partial charge in [-0.15, -0.1) is 0 Å². The van der Waals surface area contributed by atoms with E-state index in [9.17, 15) is 4.79 Å². The van der Waals surface area contributed by atoms with Crippen LogP contribution in [0, 0.1) is 0 Å². The first-order valence-corrected chi connectivity index (χ1v) is 13.4. The third-order valence-corrected chi connectivity index (χ3v) is 7.82. The lowest BCUT2D eigenvalue weighted by molar-refractivity contribution is 0.0736. The first kappa shape index (κ1) is 23.4. The van der Waals surface area contributed by atoms with E-state index in [4.69, 9.17) is 4.74 Å². The third-order valence-electron chi connectivity index (χ3n) is 7.82. The monoisotopic (exact) mass is 512 g/mol. The van der Waals surface area contributed by atoms with E-state index in [1.807, 2.05) is 6.07 Å². The maximum Gasteiger partial charge on any atom is 0.343 e. The number of hydrogen-bond acceptors (Lipinski definition) is 6. The van der Waals surface area contributed by atoms with E-state index >= 15 is 0 Å². The van der Waals surface area contributed by atoms with Gasteiger partial charge in [0.25, 0.3) is 0 Å². The van der Waals surface area contributed by atoms with Crippen LogP contribution in [0.25, 0.3) is 11.0 Å². The van der Waals surface area contributed by atoms with E-state index in [2.05, 4.69) is 86.5 Å². The normalized spacial score (nSPS) is 14.6. The van der Waals surface area contributed by atoms with E-state index in [0.29, 0.717) is 16.8 Å². The van der Waals surface area contributed by atoms with Gasteiger partial charge in [-0.2, -0.15) is 0 Å². The number of carbonyl (C=O) groups excluding carboxylic acids is 1. The van der Waals surface area contributed by atoms with Crippen molar-refractivity contribution in [3.8, 4) is 5.75 Å². The van der Waals surface area contributed by atoms with Gasteiger partial charge in [0.1, 0.15) is 0 Å². The molecular weight excluding hydrogens is 484 g/mol. The molecule has 3 heterocycles. The minimum Gasteiger partial charge on any atom is -0.418 e. The molecule has 7 rings (SSSR count). The molecule has 0 bridgehead atoms. The second-order valence-corrected chi connectivity index (χ2v) is 10.2. The molecule has 2 aliphatic heterocycles. The fourth-order valence-electron chi connectivity index (χ4n) is 5.76. The summed E-state index contributed by atoms with van der Waals surface area (Å²) in [6.07, 6.45) is 5.19. The van der Waals surface area contributed by atoms with Gasteiger partial charge in [0.15, 0.2) is 5.75 Å². The zero-order valence-electron chi connectivity index (χ0n) is 21.6. The largest absolute Gasteiger partial charge is 0.418 e. The van der Waals surface area contributed by atoms with Crippen LogP contribution in [-0.2, 0) is 25.9 Å². The van der Waals surface area contributed by atoms with Crippen LogP contribution < -0.4 is 14.5 Å². The lowest BCUT2D eigenvalue weighted by Crippen LogP contribution is -2.33. The highest BCUT2D eigenvalue weighted by Gasteiger charge is 2.27. The van der Waals surface area contributed by atoms with Gasteiger partial charge in [0.2, 0.25) is 0 Å². The average molecular weight is 513 g/mol. The molecule has 0 saturated carbocycles. The van der Waals surface area contributed by atoms with E-state index < -0.39 is 5.97 Å². The molecule has 6 heteroatoms. The molecule has 0 atom stereocenters.